The fourth-order valence-corrected chi connectivity index (χ4v) is 7.82. The molecule has 1 saturated heterocycles. The van der Waals surface area contributed by atoms with E-state index in [0.29, 0.717) is 25.7 Å². The second-order valence-electron chi connectivity index (χ2n) is 15.7. The number of hydrogen-bond donors (Lipinski definition) is 4. The maximum Gasteiger partial charge on any atom is 0.311 e. The third-order valence-corrected chi connectivity index (χ3v) is 11.0. The highest BCUT2D eigenvalue weighted by Gasteiger charge is 2.40. The molecule has 2 bridgehead atoms. The lowest BCUT2D eigenvalue weighted by Crippen LogP contribution is -2.48. The number of fused-ring (bicyclic) bond motifs is 2. The lowest BCUT2D eigenvalue weighted by Gasteiger charge is -2.38. The molecule has 14 atom stereocenters. The fraction of sp³-hybridized carbons (Fsp3) is 0.800. The number of aliphatic hydroxyl groups is 4. The van der Waals surface area contributed by atoms with E-state index in [-0.39, 0.29) is 54.8 Å². The first-order valence-corrected chi connectivity index (χ1v) is 18.9. The Morgan fingerprint density at radius 2 is 1.74 bits per heavy atom. The van der Waals surface area contributed by atoms with Gasteiger partial charge in [0, 0.05) is 25.2 Å². The highest BCUT2D eigenvalue weighted by atomic mass is 16.7. The van der Waals surface area contributed by atoms with Crippen LogP contribution in [0.3, 0.4) is 0 Å². The molecule has 3 aliphatic heterocycles. The third kappa shape index (κ3) is 12.1. The summed E-state index contributed by atoms with van der Waals surface area (Å²) >= 11 is 0. The second-order valence-corrected chi connectivity index (χ2v) is 15.7. The van der Waals surface area contributed by atoms with Gasteiger partial charge in [-0.2, -0.15) is 0 Å². The predicted octanol–water partition coefficient (Wildman–Crippen LogP) is 5.94. The Kier molecular flexibility index (Phi) is 16.4. The highest BCUT2D eigenvalue weighted by Crippen LogP contribution is 2.35. The van der Waals surface area contributed by atoms with Gasteiger partial charge in [-0.05, 0) is 87.7 Å². The number of rotatable bonds is 9. The van der Waals surface area contributed by atoms with Crippen molar-refractivity contribution in [1.82, 2.24) is 0 Å². The minimum Gasteiger partial charge on any atom is -0.462 e. The molecule has 1 fully saturated rings. The van der Waals surface area contributed by atoms with Crippen molar-refractivity contribution in [3.63, 3.8) is 0 Å². The van der Waals surface area contributed by atoms with E-state index < -0.39 is 60.6 Å². The summed E-state index contributed by atoms with van der Waals surface area (Å²) in [6.07, 6.45) is 6.93. The number of cyclic esters (lactones) is 1. The van der Waals surface area contributed by atoms with Crippen LogP contribution in [0.5, 0.6) is 0 Å². The quantitative estimate of drug-likeness (QED) is 0.167. The summed E-state index contributed by atoms with van der Waals surface area (Å²) in [4.78, 5) is 25.9. The van der Waals surface area contributed by atoms with Crippen molar-refractivity contribution in [1.29, 1.82) is 0 Å². The van der Waals surface area contributed by atoms with Gasteiger partial charge in [0.25, 0.3) is 0 Å². The molecule has 0 aliphatic carbocycles. The van der Waals surface area contributed by atoms with Crippen LogP contribution in [0.2, 0.25) is 0 Å². The number of carbonyl (C=O) groups is 2. The zero-order valence-electron chi connectivity index (χ0n) is 31.9. The van der Waals surface area contributed by atoms with Crippen LogP contribution in [0.15, 0.2) is 35.5 Å². The van der Waals surface area contributed by atoms with Crippen molar-refractivity contribution in [3.05, 3.63) is 35.5 Å². The Balaban J connectivity index is 1.88. The van der Waals surface area contributed by atoms with Gasteiger partial charge >= 0.3 is 5.97 Å². The molecule has 3 heterocycles. The topological polar surface area (TPSA) is 152 Å². The van der Waals surface area contributed by atoms with Gasteiger partial charge in [-0.3, -0.25) is 9.59 Å². The van der Waals surface area contributed by atoms with Crippen LogP contribution in [-0.2, 0) is 28.5 Å². The minimum atomic E-state index is -1.71. The van der Waals surface area contributed by atoms with E-state index in [0.717, 1.165) is 24.0 Å². The first kappa shape index (κ1) is 42.5. The number of Topliss-reactive ketones (excluding diaryl/α,β-unsaturated/α-hetero) is 1. The second kappa shape index (κ2) is 19.2. The highest BCUT2D eigenvalue weighted by molar-refractivity contribution is 5.80. The Morgan fingerprint density at radius 3 is 2.40 bits per heavy atom. The molecule has 0 spiro atoms. The van der Waals surface area contributed by atoms with Crippen molar-refractivity contribution in [2.45, 2.75) is 175 Å². The molecule has 4 N–H and O–H groups in total. The average Bonchev–Trinajstić information content (AvgIpc) is 3.05. The molecular formula is C40H66O10. The number of esters is 1. The minimum absolute atomic E-state index is 0.0163. The lowest BCUT2D eigenvalue weighted by molar-refractivity contribution is -0.254. The van der Waals surface area contributed by atoms with Crippen molar-refractivity contribution in [2.24, 2.45) is 29.6 Å². The average molecular weight is 707 g/mol. The summed E-state index contributed by atoms with van der Waals surface area (Å²) in [5.74, 6) is -3.05. The molecule has 0 aromatic rings. The van der Waals surface area contributed by atoms with E-state index in [4.69, 9.17) is 18.9 Å². The van der Waals surface area contributed by atoms with Crippen molar-refractivity contribution in [2.75, 3.05) is 0 Å². The van der Waals surface area contributed by atoms with Gasteiger partial charge < -0.3 is 39.4 Å². The van der Waals surface area contributed by atoms with E-state index in [2.05, 4.69) is 32.1 Å². The summed E-state index contributed by atoms with van der Waals surface area (Å²) in [6, 6.07) is 0. The van der Waals surface area contributed by atoms with Crippen molar-refractivity contribution < 1.29 is 49.0 Å². The Labute approximate surface area is 300 Å². The van der Waals surface area contributed by atoms with Gasteiger partial charge in [0.15, 0.2) is 12.1 Å². The molecule has 0 aromatic heterocycles. The monoisotopic (exact) mass is 706 g/mol. The summed E-state index contributed by atoms with van der Waals surface area (Å²) in [6.45, 7) is 17.3. The zero-order chi connectivity index (χ0) is 37.3. The molecule has 3 rings (SSSR count). The van der Waals surface area contributed by atoms with Crippen LogP contribution in [0.4, 0.5) is 0 Å². The molecule has 50 heavy (non-hydrogen) atoms. The smallest absolute Gasteiger partial charge is 0.311 e. The summed E-state index contributed by atoms with van der Waals surface area (Å²) in [5.41, 5.74) is 1.91. The number of ketones is 1. The van der Waals surface area contributed by atoms with Gasteiger partial charge in [0.05, 0.1) is 30.8 Å². The normalized spacial score (nSPS) is 39.3. The van der Waals surface area contributed by atoms with E-state index in [1.54, 1.807) is 20.8 Å². The number of carbonyl (C=O) groups excluding carboxylic acids is 2. The maximum atomic E-state index is 13.6. The number of allylic oxidation sites excluding steroid dienone is 2. The van der Waals surface area contributed by atoms with Crippen LogP contribution >= 0.6 is 0 Å². The predicted molar refractivity (Wildman–Crippen MR) is 192 cm³/mol. The van der Waals surface area contributed by atoms with Gasteiger partial charge in [-0.15, -0.1) is 0 Å². The molecule has 10 heteroatoms. The van der Waals surface area contributed by atoms with Crippen molar-refractivity contribution in [3.8, 4) is 0 Å². The molecule has 10 nitrogen and oxygen atoms in total. The van der Waals surface area contributed by atoms with E-state index in [1.807, 2.05) is 33.8 Å². The molecule has 0 radical (unpaired) electrons. The van der Waals surface area contributed by atoms with Crippen LogP contribution in [-0.4, -0.2) is 87.0 Å². The number of aliphatic hydroxyl groups excluding tert-OH is 3. The van der Waals surface area contributed by atoms with Gasteiger partial charge in [0.1, 0.15) is 24.1 Å². The number of hydrogen-bond acceptors (Lipinski definition) is 10. The molecule has 0 aromatic carbocycles. The largest absolute Gasteiger partial charge is 0.462 e. The third-order valence-electron chi connectivity index (χ3n) is 11.0. The van der Waals surface area contributed by atoms with E-state index in [1.165, 1.54) is 0 Å². The van der Waals surface area contributed by atoms with Crippen LogP contribution in [0.1, 0.15) is 120 Å². The zero-order valence-corrected chi connectivity index (χ0v) is 31.9. The molecule has 286 valence electrons. The van der Waals surface area contributed by atoms with Crippen LogP contribution < -0.4 is 0 Å². The molecule has 3 aliphatic rings. The molecule has 0 amide bonds. The Hall–Kier alpha value is -1.92. The van der Waals surface area contributed by atoms with E-state index >= 15 is 0 Å². The van der Waals surface area contributed by atoms with Gasteiger partial charge in [0.2, 0.25) is 0 Å². The summed E-state index contributed by atoms with van der Waals surface area (Å²) in [5, 5.41) is 43.0. The summed E-state index contributed by atoms with van der Waals surface area (Å²) in [7, 11) is 0. The first-order chi connectivity index (χ1) is 23.4. The Bertz CT molecular complexity index is 1180. The van der Waals surface area contributed by atoms with Crippen molar-refractivity contribution >= 4 is 11.8 Å². The number of ether oxygens (including phenoxy) is 4. The summed E-state index contributed by atoms with van der Waals surface area (Å²) < 4.78 is 24.7. The maximum absolute atomic E-state index is 13.6. The fourth-order valence-electron chi connectivity index (χ4n) is 7.82. The first-order valence-electron chi connectivity index (χ1n) is 18.9. The van der Waals surface area contributed by atoms with E-state index in [9.17, 15) is 30.0 Å². The van der Waals surface area contributed by atoms with Gasteiger partial charge in [-0.1, -0.05) is 65.8 Å². The Morgan fingerprint density at radius 1 is 1.06 bits per heavy atom. The van der Waals surface area contributed by atoms with Crippen LogP contribution in [0, 0.1) is 29.6 Å². The van der Waals surface area contributed by atoms with Crippen LogP contribution in [0.25, 0.3) is 0 Å². The van der Waals surface area contributed by atoms with Gasteiger partial charge in [-0.25, -0.2) is 0 Å². The molecular weight excluding hydrogens is 640 g/mol. The SMILES string of the molecule is CCC(=O)[C@@H](C)[C@@H](O)[C@H](C)C[C@@H](C)[C@H]1OC(=O)C[C@@]2(O)CC=C(C)[C@H](O2)/C(C)=C/CCC[C@@H](O[C@H]2C[C@@H](O)C(O)[C@@H](C)O2)/C=C/[C@H](C)C[C@H]1C. The lowest BCUT2D eigenvalue weighted by atomic mass is 9.79. The molecule has 0 saturated carbocycles. The molecule has 1 unspecified atom stereocenters. The standard InChI is InChI=1S/C40H66O10/c1-10-32(41)29(8)36(44)26(5)20-28(7)38-27(6)19-23(2)15-16-31(48-35-21-33(42)37(45)30(9)47-35)14-12-11-13-24(3)39-25(4)17-18-40(46,50-39)22-34(43)49-38/h13,15-17,23,26-31,33,35-39,42,44-46H,10-12,14,18-22H2,1-9H3/b16-15+,24-13+/t23-,26+,27+,28+,29+,30+,31+,33+,35-,36-,37?,38-,39+,40+/m0/s1.